The maximum absolute atomic E-state index is 13.1. The molecule has 1 nitrogen and oxygen atoms in total. The van der Waals surface area contributed by atoms with E-state index in [2.05, 4.69) is 0 Å². The smallest absolute Gasteiger partial charge is 0.416 e. The predicted octanol–water partition coefficient (Wildman–Crippen LogP) is 5.58. The van der Waals surface area contributed by atoms with Crippen molar-refractivity contribution in [1.82, 2.24) is 0 Å². The summed E-state index contributed by atoms with van der Waals surface area (Å²) in [6.45, 7) is 7.75. The van der Waals surface area contributed by atoms with E-state index >= 15 is 0 Å². The van der Waals surface area contributed by atoms with Gasteiger partial charge in [0.15, 0.2) is 0 Å². The lowest BCUT2D eigenvalue weighted by molar-refractivity contribution is -0.209. The van der Waals surface area contributed by atoms with E-state index in [4.69, 9.17) is 0 Å². The topological polar surface area (TPSA) is 23.1 Å². The van der Waals surface area contributed by atoms with Gasteiger partial charge in [0.2, 0.25) is 0 Å². The molecule has 0 aliphatic rings. The van der Waals surface area contributed by atoms with Gasteiger partial charge in [-0.25, -0.2) is 0 Å². The summed E-state index contributed by atoms with van der Waals surface area (Å²) in [5.74, 6) is -0.00185. The monoisotopic (exact) mass is 385 g/mol. The number of halogens is 6. The molecule has 0 fully saturated rings. The number of rotatable bonds is 4. The average Bonchev–Trinajstić information content (AvgIpc) is 2.40. The first-order chi connectivity index (χ1) is 11.1. The SMILES string of the molecule is CC(CP=C([O-])c1c(C(F)(F)F)cccc1C(F)(F)F)CC(C)(C)C. The predicted molar refractivity (Wildman–Crippen MR) is 85.6 cm³/mol. The van der Waals surface area contributed by atoms with Crippen LogP contribution in [0.3, 0.4) is 0 Å². The van der Waals surface area contributed by atoms with Crippen molar-refractivity contribution < 1.29 is 31.4 Å². The zero-order valence-electron chi connectivity index (χ0n) is 14.3. The van der Waals surface area contributed by atoms with Gasteiger partial charge in [-0.15, -0.1) is 13.7 Å². The van der Waals surface area contributed by atoms with Crippen LogP contribution in [0.4, 0.5) is 26.3 Å². The molecule has 0 amide bonds. The van der Waals surface area contributed by atoms with E-state index in [0.717, 1.165) is 0 Å². The van der Waals surface area contributed by atoms with Gasteiger partial charge in [-0.05, 0) is 41.6 Å². The van der Waals surface area contributed by atoms with Crippen LogP contribution in [-0.2, 0) is 12.4 Å². The van der Waals surface area contributed by atoms with Crippen molar-refractivity contribution in [1.29, 1.82) is 0 Å². The number of alkyl halides is 6. The second-order valence-electron chi connectivity index (χ2n) is 7.24. The molecular formula is C17H20F6OP-. The van der Waals surface area contributed by atoms with Crippen molar-refractivity contribution in [2.75, 3.05) is 6.16 Å². The number of hydrogen-bond donors (Lipinski definition) is 0. The summed E-state index contributed by atoms with van der Waals surface area (Å²) in [6, 6.07) is 1.69. The van der Waals surface area contributed by atoms with Gasteiger partial charge in [0.1, 0.15) is 0 Å². The third kappa shape index (κ3) is 6.63. The van der Waals surface area contributed by atoms with E-state index < -0.39 is 34.5 Å². The zero-order chi connectivity index (χ0) is 19.6. The minimum atomic E-state index is -5.03. The molecule has 1 atom stereocenters. The van der Waals surface area contributed by atoms with E-state index in [9.17, 15) is 31.4 Å². The lowest BCUT2D eigenvalue weighted by atomic mass is 9.86. The molecule has 0 saturated heterocycles. The van der Waals surface area contributed by atoms with Gasteiger partial charge in [-0.3, -0.25) is 0 Å². The molecule has 1 unspecified atom stereocenters. The first-order valence-electron chi connectivity index (χ1n) is 7.62. The molecule has 0 aromatic heterocycles. The minimum absolute atomic E-state index is 0.00185. The zero-order valence-corrected chi connectivity index (χ0v) is 15.2. The Hall–Kier alpha value is -1.07. The largest absolute Gasteiger partial charge is 0.824 e. The Balaban J connectivity index is 3.31. The molecule has 0 spiro atoms. The van der Waals surface area contributed by atoms with Gasteiger partial charge in [-0.2, -0.15) is 26.3 Å². The Bertz CT molecular complexity index is 593. The highest BCUT2D eigenvalue weighted by Gasteiger charge is 2.40. The molecule has 0 aliphatic heterocycles. The summed E-state index contributed by atoms with van der Waals surface area (Å²) >= 11 is 0. The molecule has 0 N–H and O–H groups in total. The molecule has 0 aliphatic carbocycles. The van der Waals surface area contributed by atoms with Crippen molar-refractivity contribution in [3.05, 3.63) is 34.9 Å². The Morgan fingerprint density at radius 3 is 1.80 bits per heavy atom. The first kappa shape index (κ1) is 22.0. The molecule has 0 bridgehead atoms. The van der Waals surface area contributed by atoms with Gasteiger partial charge in [0.05, 0.1) is 11.1 Å². The summed E-state index contributed by atoms with van der Waals surface area (Å²) in [4.78, 5) is 0. The highest BCUT2D eigenvalue weighted by atomic mass is 31.1. The molecule has 8 heteroatoms. The fraction of sp³-hybridized carbons (Fsp3) is 0.588. The normalized spacial score (nSPS) is 15.4. The fourth-order valence-electron chi connectivity index (χ4n) is 2.68. The van der Waals surface area contributed by atoms with Crippen molar-refractivity contribution in [2.24, 2.45) is 11.3 Å². The quantitative estimate of drug-likeness (QED) is 0.490. The Kier molecular flexibility index (Phi) is 6.74. The summed E-state index contributed by atoms with van der Waals surface area (Å²) in [5.41, 5.74) is -5.56. The van der Waals surface area contributed by atoms with Crippen molar-refractivity contribution >= 4 is 13.7 Å². The molecular weight excluding hydrogens is 365 g/mol. The second kappa shape index (κ2) is 7.67. The molecule has 142 valence electrons. The lowest BCUT2D eigenvalue weighted by Crippen LogP contribution is -2.27. The number of benzene rings is 1. The second-order valence-corrected chi connectivity index (χ2v) is 8.33. The van der Waals surface area contributed by atoms with Crippen LogP contribution in [0.5, 0.6) is 0 Å². The maximum atomic E-state index is 13.1. The van der Waals surface area contributed by atoms with Crippen LogP contribution in [0.1, 0.15) is 50.8 Å². The summed E-state index contributed by atoms with van der Waals surface area (Å²) in [5, 5.41) is 12.2. The summed E-state index contributed by atoms with van der Waals surface area (Å²) in [6.07, 6.45) is -9.14. The van der Waals surface area contributed by atoms with Crippen LogP contribution in [0.25, 0.3) is 0 Å². The van der Waals surface area contributed by atoms with Crippen molar-refractivity contribution in [3.8, 4) is 0 Å². The van der Waals surface area contributed by atoms with E-state index in [1.165, 1.54) is 0 Å². The minimum Gasteiger partial charge on any atom is -0.824 e. The Labute approximate surface area is 144 Å². The van der Waals surface area contributed by atoms with E-state index in [0.29, 0.717) is 24.6 Å². The maximum Gasteiger partial charge on any atom is 0.416 e. The third-order valence-corrected chi connectivity index (χ3v) is 4.71. The van der Waals surface area contributed by atoms with Crippen LogP contribution in [0, 0.1) is 11.3 Å². The van der Waals surface area contributed by atoms with Gasteiger partial charge in [-0.1, -0.05) is 33.8 Å². The van der Waals surface area contributed by atoms with Crippen LogP contribution in [0.15, 0.2) is 18.2 Å². The van der Waals surface area contributed by atoms with Crippen LogP contribution < -0.4 is 5.11 Å². The third-order valence-electron chi connectivity index (χ3n) is 3.40. The highest BCUT2D eigenvalue weighted by Crippen LogP contribution is 2.40. The lowest BCUT2D eigenvalue weighted by Gasteiger charge is -2.25. The van der Waals surface area contributed by atoms with Crippen LogP contribution in [-0.4, -0.2) is 11.6 Å². The first-order valence-corrected chi connectivity index (χ1v) is 8.70. The van der Waals surface area contributed by atoms with Crippen molar-refractivity contribution in [2.45, 2.75) is 46.5 Å². The Morgan fingerprint density at radius 1 is 1.00 bits per heavy atom. The molecule has 1 aromatic rings. The fourth-order valence-corrected chi connectivity index (χ4v) is 3.69. The molecule has 1 rings (SSSR count). The standard InChI is InChI=1S/C17H21F6OP/c1-10(8-15(2,3)4)9-25-14(24)13-11(16(18,19)20)6-5-7-12(13)17(21,22)23/h5-7,10,24H,8-9H2,1-4H3/p-1. The number of hydrogen-bond acceptors (Lipinski definition) is 1. The van der Waals surface area contributed by atoms with E-state index in [1.54, 1.807) is 0 Å². The van der Waals surface area contributed by atoms with Gasteiger partial charge >= 0.3 is 12.4 Å². The van der Waals surface area contributed by atoms with Gasteiger partial charge < -0.3 is 5.11 Å². The van der Waals surface area contributed by atoms with E-state index in [1.807, 2.05) is 27.7 Å². The molecule has 0 radical (unpaired) electrons. The van der Waals surface area contributed by atoms with Gasteiger partial charge in [0.25, 0.3) is 0 Å². The van der Waals surface area contributed by atoms with E-state index in [-0.39, 0.29) is 25.7 Å². The van der Waals surface area contributed by atoms with Crippen molar-refractivity contribution in [3.63, 3.8) is 0 Å². The van der Waals surface area contributed by atoms with Crippen LogP contribution in [0.2, 0.25) is 0 Å². The highest BCUT2D eigenvalue weighted by molar-refractivity contribution is 7.40. The van der Waals surface area contributed by atoms with Crippen LogP contribution >= 0.6 is 8.20 Å². The summed E-state index contributed by atoms with van der Waals surface area (Å²) in [7, 11) is -0.0692. The molecule has 1 aromatic carbocycles. The summed E-state index contributed by atoms with van der Waals surface area (Å²) < 4.78 is 78.5. The Morgan fingerprint density at radius 2 is 1.44 bits per heavy atom. The molecule has 0 saturated carbocycles. The average molecular weight is 385 g/mol. The molecule has 25 heavy (non-hydrogen) atoms. The van der Waals surface area contributed by atoms with Gasteiger partial charge in [0, 0.05) is 0 Å². The molecule has 0 heterocycles.